The van der Waals surface area contributed by atoms with Crippen LogP contribution in [0, 0.1) is 0 Å². The number of nitrogens with zero attached hydrogens (tertiary/aromatic N) is 1. The zero-order valence-corrected chi connectivity index (χ0v) is 20.2. The van der Waals surface area contributed by atoms with Gasteiger partial charge in [-0.3, -0.25) is 14.5 Å². The molecule has 1 N–H and O–H groups in total. The highest BCUT2D eigenvalue weighted by Gasteiger charge is 2.37. The Kier molecular flexibility index (Phi) is 7.60. The summed E-state index contributed by atoms with van der Waals surface area (Å²) in [4.78, 5) is 29.2. The third kappa shape index (κ3) is 5.11. The smallest absolute Gasteiger partial charge is 0.295 e. The summed E-state index contributed by atoms with van der Waals surface area (Å²) in [5, 5.41) is 3.16. The van der Waals surface area contributed by atoms with Gasteiger partial charge in [-0.05, 0) is 54.8 Å². The highest BCUT2D eigenvalue weighted by atomic mass is 16.5. The van der Waals surface area contributed by atoms with Crippen molar-refractivity contribution in [3.05, 3.63) is 72.2 Å². The van der Waals surface area contributed by atoms with Crippen LogP contribution in [0.15, 0.2) is 65.3 Å². The number of amides is 2. The second-order valence-electron chi connectivity index (χ2n) is 8.33. The second-order valence-corrected chi connectivity index (χ2v) is 8.33. The highest BCUT2D eigenvalue weighted by Crippen LogP contribution is 2.39. The average molecular weight is 479 g/mol. The Hall–Kier alpha value is -3.94. The number of anilines is 1. The van der Waals surface area contributed by atoms with Crippen LogP contribution in [0.25, 0.3) is 0 Å². The van der Waals surface area contributed by atoms with Crippen molar-refractivity contribution in [1.82, 2.24) is 5.32 Å². The SMILES string of the molecule is COc1ccc([C@H](C(=O)NC2CCCC2)N(C(=O)c2ccco2)c2ccccc2OC)cc1OC. The number of carbonyl (C=O) groups excluding carboxylic acids is 2. The van der Waals surface area contributed by atoms with Gasteiger partial charge < -0.3 is 23.9 Å². The average Bonchev–Trinajstić information content (AvgIpc) is 3.61. The molecule has 0 spiro atoms. The first-order valence-corrected chi connectivity index (χ1v) is 11.6. The van der Waals surface area contributed by atoms with E-state index in [-0.39, 0.29) is 17.7 Å². The Balaban J connectivity index is 1.88. The van der Waals surface area contributed by atoms with Crippen molar-refractivity contribution in [3.63, 3.8) is 0 Å². The minimum absolute atomic E-state index is 0.0587. The Bertz CT molecular complexity index is 1150. The van der Waals surface area contributed by atoms with Crippen LogP contribution in [-0.4, -0.2) is 39.2 Å². The first-order valence-electron chi connectivity index (χ1n) is 11.6. The van der Waals surface area contributed by atoms with Gasteiger partial charge in [0, 0.05) is 6.04 Å². The molecule has 0 unspecified atom stereocenters. The molecular weight excluding hydrogens is 448 g/mol. The van der Waals surface area contributed by atoms with Crippen LogP contribution in [0.1, 0.15) is 47.8 Å². The van der Waals surface area contributed by atoms with Gasteiger partial charge >= 0.3 is 0 Å². The van der Waals surface area contributed by atoms with Crippen LogP contribution in [0.2, 0.25) is 0 Å². The zero-order chi connectivity index (χ0) is 24.8. The number of furan rings is 1. The fourth-order valence-corrected chi connectivity index (χ4v) is 4.50. The molecule has 1 atom stereocenters. The summed E-state index contributed by atoms with van der Waals surface area (Å²) in [7, 11) is 4.60. The van der Waals surface area contributed by atoms with Crippen molar-refractivity contribution in [2.45, 2.75) is 37.8 Å². The fraction of sp³-hybridized carbons (Fsp3) is 0.333. The third-order valence-electron chi connectivity index (χ3n) is 6.23. The molecule has 2 amide bonds. The van der Waals surface area contributed by atoms with Gasteiger partial charge in [0.25, 0.3) is 5.91 Å². The maximum absolute atomic E-state index is 13.9. The Morgan fingerprint density at radius 2 is 1.63 bits per heavy atom. The van der Waals surface area contributed by atoms with Crippen molar-refractivity contribution < 1.29 is 28.2 Å². The lowest BCUT2D eigenvalue weighted by Gasteiger charge is -2.32. The van der Waals surface area contributed by atoms with Crippen LogP contribution in [0.3, 0.4) is 0 Å². The number of carbonyl (C=O) groups is 2. The van der Waals surface area contributed by atoms with E-state index < -0.39 is 11.9 Å². The van der Waals surface area contributed by atoms with Gasteiger partial charge in [-0.1, -0.05) is 31.0 Å². The number of rotatable bonds is 9. The molecule has 184 valence electrons. The number of para-hydroxylation sites is 2. The minimum Gasteiger partial charge on any atom is -0.495 e. The maximum atomic E-state index is 13.9. The van der Waals surface area contributed by atoms with E-state index in [2.05, 4.69) is 5.32 Å². The van der Waals surface area contributed by atoms with E-state index in [0.717, 1.165) is 25.7 Å². The topological polar surface area (TPSA) is 90.2 Å². The Morgan fingerprint density at radius 3 is 2.29 bits per heavy atom. The van der Waals surface area contributed by atoms with Crippen molar-refractivity contribution in [1.29, 1.82) is 0 Å². The van der Waals surface area contributed by atoms with E-state index >= 15 is 0 Å². The molecule has 1 fully saturated rings. The molecule has 4 rings (SSSR count). The van der Waals surface area contributed by atoms with Crippen molar-refractivity contribution >= 4 is 17.5 Å². The fourth-order valence-electron chi connectivity index (χ4n) is 4.50. The van der Waals surface area contributed by atoms with Crippen LogP contribution < -0.4 is 24.4 Å². The number of nitrogens with one attached hydrogen (secondary N) is 1. The van der Waals surface area contributed by atoms with Gasteiger partial charge in [-0.25, -0.2) is 0 Å². The first-order chi connectivity index (χ1) is 17.1. The standard InChI is InChI=1S/C27H30N2O6/c1-32-21-12-7-6-11-20(21)29(27(31)23-13-8-16-35-23)25(26(30)28-19-9-4-5-10-19)18-14-15-22(33-2)24(17-18)34-3/h6-8,11-17,19,25H,4-5,9-10H2,1-3H3,(H,28,30)/t25-/m1/s1. The number of hydrogen-bond donors (Lipinski definition) is 1. The number of methoxy groups -OCH3 is 3. The quantitative estimate of drug-likeness (QED) is 0.477. The van der Waals surface area contributed by atoms with Crippen LogP contribution >= 0.6 is 0 Å². The van der Waals surface area contributed by atoms with Gasteiger partial charge in [0.05, 0.1) is 33.3 Å². The normalized spacial score (nSPS) is 14.3. The molecule has 0 saturated heterocycles. The molecule has 1 saturated carbocycles. The molecule has 0 radical (unpaired) electrons. The summed E-state index contributed by atoms with van der Waals surface area (Å²) in [6.45, 7) is 0. The van der Waals surface area contributed by atoms with Gasteiger partial charge in [0.1, 0.15) is 11.8 Å². The highest BCUT2D eigenvalue weighted by molar-refractivity contribution is 6.09. The summed E-state index contributed by atoms with van der Waals surface area (Å²) in [6.07, 6.45) is 5.37. The molecule has 1 aliphatic rings. The molecule has 1 heterocycles. The molecule has 0 aliphatic heterocycles. The molecule has 8 nitrogen and oxygen atoms in total. The van der Waals surface area contributed by atoms with E-state index in [1.54, 1.807) is 55.6 Å². The lowest BCUT2D eigenvalue weighted by Crippen LogP contribution is -2.46. The minimum atomic E-state index is -1.02. The van der Waals surface area contributed by atoms with E-state index in [1.807, 2.05) is 6.07 Å². The summed E-state index contributed by atoms with van der Waals surface area (Å²) < 4.78 is 21.9. The molecule has 3 aromatic rings. The Labute approximate surface area is 204 Å². The number of benzene rings is 2. The largest absolute Gasteiger partial charge is 0.495 e. The van der Waals surface area contributed by atoms with E-state index in [0.29, 0.717) is 28.5 Å². The summed E-state index contributed by atoms with van der Waals surface area (Å²) in [5.74, 6) is 0.763. The van der Waals surface area contributed by atoms with E-state index in [4.69, 9.17) is 18.6 Å². The van der Waals surface area contributed by atoms with Gasteiger partial charge in [-0.15, -0.1) is 0 Å². The third-order valence-corrected chi connectivity index (χ3v) is 6.23. The van der Waals surface area contributed by atoms with Crippen LogP contribution in [-0.2, 0) is 4.79 Å². The lowest BCUT2D eigenvalue weighted by atomic mass is 10.0. The molecular formula is C27H30N2O6. The zero-order valence-electron chi connectivity index (χ0n) is 20.2. The number of ether oxygens (including phenoxy) is 3. The number of hydrogen-bond acceptors (Lipinski definition) is 6. The van der Waals surface area contributed by atoms with Crippen molar-refractivity contribution in [2.24, 2.45) is 0 Å². The van der Waals surface area contributed by atoms with Gasteiger partial charge in [-0.2, -0.15) is 0 Å². The van der Waals surface area contributed by atoms with E-state index in [1.165, 1.54) is 25.4 Å². The van der Waals surface area contributed by atoms with E-state index in [9.17, 15) is 9.59 Å². The first kappa shape index (κ1) is 24.2. The molecule has 0 bridgehead atoms. The Morgan fingerprint density at radius 1 is 0.914 bits per heavy atom. The maximum Gasteiger partial charge on any atom is 0.295 e. The lowest BCUT2D eigenvalue weighted by molar-refractivity contribution is -0.123. The predicted molar refractivity (Wildman–Crippen MR) is 131 cm³/mol. The summed E-state index contributed by atoms with van der Waals surface area (Å²) in [6, 6.07) is 14.5. The summed E-state index contributed by atoms with van der Waals surface area (Å²) >= 11 is 0. The summed E-state index contributed by atoms with van der Waals surface area (Å²) in [5.41, 5.74) is 1.00. The molecule has 1 aliphatic carbocycles. The van der Waals surface area contributed by atoms with Crippen molar-refractivity contribution in [3.8, 4) is 17.2 Å². The molecule has 1 aromatic heterocycles. The molecule has 35 heavy (non-hydrogen) atoms. The monoisotopic (exact) mass is 478 g/mol. The van der Waals surface area contributed by atoms with Gasteiger partial charge in [0.2, 0.25) is 5.91 Å². The second kappa shape index (κ2) is 11.0. The molecule has 8 heteroatoms. The van der Waals surface area contributed by atoms with Gasteiger partial charge in [0.15, 0.2) is 17.3 Å². The van der Waals surface area contributed by atoms with Crippen LogP contribution in [0.4, 0.5) is 5.69 Å². The van der Waals surface area contributed by atoms with Crippen LogP contribution in [0.5, 0.6) is 17.2 Å². The predicted octanol–water partition coefficient (Wildman–Crippen LogP) is 4.75. The van der Waals surface area contributed by atoms with Crippen molar-refractivity contribution in [2.75, 3.05) is 26.2 Å². The molecule has 2 aromatic carbocycles.